The summed E-state index contributed by atoms with van der Waals surface area (Å²) in [6.07, 6.45) is 5.38. The van der Waals surface area contributed by atoms with Crippen molar-refractivity contribution >= 4 is 17.3 Å². The van der Waals surface area contributed by atoms with Gasteiger partial charge in [0.25, 0.3) is 0 Å². The first-order valence-electron chi connectivity index (χ1n) is 6.25. The number of hydrogen-bond donors (Lipinski definition) is 1. The minimum absolute atomic E-state index is 0.656. The molecule has 0 fully saturated rings. The summed E-state index contributed by atoms with van der Waals surface area (Å²) in [5.41, 5.74) is 2.88. The number of benzene rings is 1. The van der Waals surface area contributed by atoms with Gasteiger partial charge >= 0.3 is 0 Å². The van der Waals surface area contributed by atoms with Crippen molar-refractivity contribution in [1.29, 1.82) is 0 Å². The van der Waals surface area contributed by atoms with Crippen molar-refractivity contribution < 1.29 is 0 Å². The van der Waals surface area contributed by atoms with Crippen molar-refractivity contribution in [1.82, 2.24) is 19.6 Å². The van der Waals surface area contributed by atoms with Gasteiger partial charge in [-0.15, -0.1) is 0 Å². The van der Waals surface area contributed by atoms with E-state index in [1.807, 2.05) is 48.3 Å². The number of rotatable bonds is 4. The Hall–Kier alpha value is -2.27. The molecule has 0 unspecified atom stereocenters. The first kappa shape index (κ1) is 12.7. The van der Waals surface area contributed by atoms with Crippen LogP contribution in [0.1, 0.15) is 5.69 Å². The van der Waals surface area contributed by atoms with E-state index < -0.39 is 0 Å². The van der Waals surface area contributed by atoms with Crippen LogP contribution in [0.5, 0.6) is 0 Å². The van der Waals surface area contributed by atoms with Crippen LogP contribution in [0.15, 0.2) is 48.9 Å². The lowest BCUT2D eigenvalue weighted by Crippen LogP contribution is -2.08. The van der Waals surface area contributed by atoms with E-state index in [0.29, 0.717) is 11.6 Å². The van der Waals surface area contributed by atoms with Crippen molar-refractivity contribution in [2.45, 2.75) is 6.54 Å². The summed E-state index contributed by atoms with van der Waals surface area (Å²) in [6.45, 7) is 0.672. The molecule has 0 saturated heterocycles. The van der Waals surface area contributed by atoms with Gasteiger partial charge in [-0.05, 0) is 24.3 Å². The fourth-order valence-corrected chi connectivity index (χ4v) is 2.31. The molecule has 0 aliphatic carbocycles. The first-order valence-corrected chi connectivity index (χ1v) is 6.63. The van der Waals surface area contributed by atoms with Gasteiger partial charge in [-0.25, -0.2) is 4.68 Å². The van der Waals surface area contributed by atoms with Crippen LogP contribution in [0.2, 0.25) is 5.02 Å². The minimum atomic E-state index is 0.656. The van der Waals surface area contributed by atoms with Crippen LogP contribution in [-0.2, 0) is 13.6 Å². The highest BCUT2D eigenvalue weighted by molar-refractivity contribution is 6.33. The lowest BCUT2D eigenvalue weighted by atomic mass is 10.2. The number of aromatic nitrogens is 4. The van der Waals surface area contributed by atoms with E-state index in [9.17, 15) is 0 Å². The maximum atomic E-state index is 6.29. The molecule has 0 radical (unpaired) electrons. The Labute approximate surface area is 121 Å². The Morgan fingerprint density at radius 3 is 2.75 bits per heavy atom. The summed E-state index contributed by atoms with van der Waals surface area (Å²) in [6, 6.07) is 9.60. The summed E-state index contributed by atoms with van der Waals surface area (Å²) in [7, 11) is 1.92. The quantitative estimate of drug-likeness (QED) is 0.803. The summed E-state index contributed by atoms with van der Waals surface area (Å²) in [5, 5.41) is 12.4. The minimum Gasteiger partial charge on any atom is -0.378 e. The monoisotopic (exact) mass is 287 g/mol. The van der Waals surface area contributed by atoms with Crippen molar-refractivity contribution in [3.8, 4) is 5.69 Å². The summed E-state index contributed by atoms with van der Waals surface area (Å²) >= 11 is 6.29. The molecule has 2 heterocycles. The number of nitrogens with one attached hydrogen (secondary N) is 1. The third kappa shape index (κ3) is 2.40. The molecule has 5 nitrogen and oxygen atoms in total. The smallest absolute Gasteiger partial charge is 0.106 e. The summed E-state index contributed by atoms with van der Waals surface area (Å²) < 4.78 is 3.60. The summed E-state index contributed by atoms with van der Waals surface area (Å²) in [4.78, 5) is 0. The molecule has 0 saturated carbocycles. The predicted molar refractivity (Wildman–Crippen MR) is 79.1 cm³/mol. The molecule has 0 aliphatic heterocycles. The van der Waals surface area contributed by atoms with Gasteiger partial charge in [0, 0.05) is 25.6 Å². The van der Waals surface area contributed by atoms with Gasteiger partial charge < -0.3 is 5.32 Å². The third-order valence-corrected chi connectivity index (χ3v) is 3.41. The van der Waals surface area contributed by atoms with Gasteiger partial charge in [-0.2, -0.15) is 10.2 Å². The maximum Gasteiger partial charge on any atom is 0.106 e. The van der Waals surface area contributed by atoms with Crippen LogP contribution in [-0.4, -0.2) is 19.6 Å². The van der Waals surface area contributed by atoms with Crippen molar-refractivity contribution in [2.24, 2.45) is 7.05 Å². The highest BCUT2D eigenvalue weighted by Crippen LogP contribution is 2.28. The zero-order valence-electron chi connectivity index (χ0n) is 11.0. The lowest BCUT2D eigenvalue weighted by Gasteiger charge is -2.13. The number of hydrogen-bond acceptors (Lipinski definition) is 3. The fourth-order valence-electron chi connectivity index (χ4n) is 2.05. The Bertz CT molecular complexity index is 702. The molecule has 3 rings (SSSR count). The van der Waals surface area contributed by atoms with E-state index in [-0.39, 0.29) is 0 Å². The first-order chi connectivity index (χ1) is 9.75. The molecule has 1 aromatic carbocycles. The van der Waals surface area contributed by atoms with E-state index >= 15 is 0 Å². The normalized spacial score (nSPS) is 10.7. The second-order valence-corrected chi connectivity index (χ2v) is 4.79. The largest absolute Gasteiger partial charge is 0.378 e. The van der Waals surface area contributed by atoms with E-state index in [0.717, 1.165) is 17.1 Å². The molecule has 0 atom stereocenters. The van der Waals surface area contributed by atoms with Gasteiger partial charge in [0.15, 0.2) is 0 Å². The van der Waals surface area contributed by atoms with E-state index in [2.05, 4.69) is 15.5 Å². The second-order valence-electron chi connectivity index (χ2n) is 4.39. The SMILES string of the molecule is Cn1nccc1CNc1cccc(Cl)c1-n1cccn1. The van der Waals surface area contributed by atoms with Crippen molar-refractivity contribution in [3.05, 3.63) is 59.6 Å². The van der Waals surface area contributed by atoms with E-state index in [4.69, 9.17) is 11.6 Å². The van der Waals surface area contributed by atoms with E-state index in [1.165, 1.54) is 0 Å². The van der Waals surface area contributed by atoms with Crippen LogP contribution in [0.3, 0.4) is 0 Å². The molecule has 0 amide bonds. The van der Waals surface area contributed by atoms with E-state index in [1.54, 1.807) is 17.1 Å². The topological polar surface area (TPSA) is 47.7 Å². The van der Waals surface area contributed by atoms with Crippen LogP contribution < -0.4 is 5.32 Å². The molecule has 2 aromatic heterocycles. The third-order valence-electron chi connectivity index (χ3n) is 3.10. The van der Waals surface area contributed by atoms with Crippen LogP contribution in [0.4, 0.5) is 5.69 Å². The molecule has 6 heteroatoms. The molecule has 0 spiro atoms. The standard InChI is InChI=1S/C14H14ClN5/c1-19-11(6-8-17-19)10-16-13-5-2-4-12(15)14(13)20-9-3-7-18-20/h2-9,16H,10H2,1H3. The molecular formula is C14H14ClN5. The molecular weight excluding hydrogens is 274 g/mol. The molecule has 1 N–H and O–H groups in total. The van der Waals surface area contributed by atoms with Crippen molar-refractivity contribution in [3.63, 3.8) is 0 Å². The summed E-state index contributed by atoms with van der Waals surface area (Å²) in [5.74, 6) is 0. The van der Waals surface area contributed by atoms with Gasteiger partial charge in [-0.1, -0.05) is 17.7 Å². The average molecular weight is 288 g/mol. The molecule has 102 valence electrons. The van der Waals surface area contributed by atoms with Crippen LogP contribution in [0.25, 0.3) is 5.69 Å². The lowest BCUT2D eigenvalue weighted by molar-refractivity contribution is 0.720. The van der Waals surface area contributed by atoms with Gasteiger partial charge in [-0.3, -0.25) is 4.68 Å². The Morgan fingerprint density at radius 2 is 2.05 bits per heavy atom. The Balaban J connectivity index is 1.90. The number of para-hydroxylation sites is 1. The molecule has 0 bridgehead atoms. The zero-order valence-corrected chi connectivity index (χ0v) is 11.7. The van der Waals surface area contributed by atoms with Crippen molar-refractivity contribution in [2.75, 3.05) is 5.32 Å². The zero-order chi connectivity index (χ0) is 13.9. The van der Waals surface area contributed by atoms with Gasteiger partial charge in [0.05, 0.1) is 22.9 Å². The molecule has 3 aromatic rings. The Morgan fingerprint density at radius 1 is 1.15 bits per heavy atom. The van der Waals surface area contributed by atoms with Gasteiger partial charge in [0.2, 0.25) is 0 Å². The van der Waals surface area contributed by atoms with Gasteiger partial charge in [0.1, 0.15) is 5.69 Å². The highest BCUT2D eigenvalue weighted by atomic mass is 35.5. The van der Waals surface area contributed by atoms with Crippen LogP contribution >= 0.6 is 11.6 Å². The second kappa shape index (κ2) is 5.38. The average Bonchev–Trinajstić information content (AvgIpc) is 3.08. The fraction of sp³-hybridized carbons (Fsp3) is 0.143. The number of aryl methyl sites for hydroxylation is 1. The molecule has 20 heavy (non-hydrogen) atoms. The van der Waals surface area contributed by atoms with Crippen LogP contribution in [0, 0.1) is 0 Å². The molecule has 0 aliphatic rings. The predicted octanol–water partition coefficient (Wildman–Crippen LogP) is 2.87. The number of anilines is 1. The number of halogens is 1. The number of nitrogens with zero attached hydrogens (tertiary/aromatic N) is 4. The maximum absolute atomic E-state index is 6.29. The highest BCUT2D eigenvalue weighted by Gasteiger charge is 2.09. The Kier molecular flexibility index (Phi) is 3.43.